The lowest BCUT2D eigenvalue weighted by Crippen LogP contribution is -2.62. The number of carbonyl (C=O) groups is 1. The van der Waals surface area contributed by atoms with Gasteiger partial charge in [0.1, 0.15) is 29.5 Å². The van der Waals surface area contributed by atoms with Crippen LogP contribution in [0.5, 0.6) is 0 Å². The Hall–Kier alpha value is -1.70. The third-order valence-electron chi connectivity index (χ3n) is 7.09. The first-order valence-corrected chi connectivity index (χ1v) is 9.04. The number of rotatable bonds is 1. The van der Waals surface area contributed by atoms with Crippen LogP contribution in [-0.2, 0) is 19.7 Å². The Morgan fingerprint density at radius 1 is 1.12 bits per heavy atom. The summed E-state index contributed by atoms with van der Waals surface area (Å²) in [5, 5.41) is 21.8. The van der Waals surface area contributed by atoms with Crippen LogP contribution < -0.4 is 5.63 Å². The van der Waals surface area contributed by atoms with E-state index in [1.165, 1.54) is 6.07 Å². The summed E-state index contributed by atoms with van der Waals surface area (Å²) in [6.07, 6.45) is -3.74. The van der Waals surface area contributed by atoms with Gasteiger partial charge in [-0.3, -0.25) is 4.79 Å². The highest BCUT2D eigenvalue weighted by atomic mass is 16.6. The topological polar surface area (TPSA) is 110 Å². The van der Waals surface area contributed by atoms with Gasteiger partial charge in [-0.05, 0) is 12.5 Å². The van der Waals surface area contributed by atoms with Crippen LogP contribution in [0.15, 0.2) is 15.3 Å². The van der Waals surface area contributed by atoms with Gasteiger partial charge in [-0.2, -0.15) is 0 Å². The summed E-state index contributed by atoms with van der Waals surface area (Å²) in [7, 11) is 0. The lowest BCUT2D eigenvalue weighted by molar-refractivity contribution is -0.156. The van der Waals surface area contributed by atoms with E-state index in [9.17, 15) is 19.8 Å². The average molecular weight is 362 g/mol. The van der Waals surface area contributed by atoms with Crippen molar-refractivity contribution in [2.75, 3.05) is 0 Å². The molecule has 5 rings (SSSR count). The van der Waals surface area contributed by atoms with Crippen molar-refractivity contribution < 1.29 is 28.9 Å². The molecule has 7 nitrogen and oxygen atoms in total. The van der Waals surface area contributed by atoms with Crippen molar-refractivity contribution in [1.29, 1.82) is 0 Å². The van der Waals surface area contributed by atoms with Crippen LogP contribution in [0.1, 0.15) is 56.6 Å². The lowest BCUT2D eigenvalue weighted by Gasteiger charge is -2.51. The van der Waals surface area contributed by atoms with Gasteiger partial charge in [0, 0.05) is 28.9 Å². The third-order valence-corrected chi connectivity index (χ3v) is 7.09. The normalized spacial score (nSPS) is 47.9. The van der Waals surface area contributed by atoms with Crippen molar-refractivity contribution in [3.63, 3.8) is 0 Å². The van der Waals surface area contributed by atoms with E-state index in [0.29, 0.717) is 16.9 Å². The summed E-state index contributed by atoms with van der Waals surface area (Å²) in [6, 6.07) is 1.40. The number of aliphatic hydroxyl groups is 2. The van der Waals surface area contributed by atoms with E-state index in [2.05, 4.69) is 0 Å². The standard InChI is InChI=1S/C19H22O7/c1-6(2)11-9-7(5-8(20)24-11)18(3)14-12(10(9)21)26-17(23)19(14,4)15(22)13-16(18)25-13/h5-6,10,12-16,21-22H,1-4H3/t10-,12-,13+,14-,15-,16+,18-,19-/m1/s1. The van der Waals surface area contributed by atoms with E-state index in [-0.39, 0.29) is 12.0 Å². The first-order valence-electron chi connectivity index (χ1n) is 9.04. The Balaban J connectivity index is 1.85. The van der Waals surface area contributed by atoms with Crippen LogP contribution in [0.4, 0.5) is 0 Å². The molecule has 0 radical (unpaired) electrons. The molecule has 0 bridgehead atoms. The number of esters is 1. The summed E-state index contributed by atoms with van der Waals surface area (Å²) >= 11 is 0. The van der Waals surface area contributed by atoms with E-state index < -0.39 is 52.8 Å². The molecule has 1 aromatic rings. The van der Waals surface area contributed by atoms with Gasteiger partial charge < -0.3 is 24.1 Å². The Bertz CT molecular complexity index is 888. The van der Waals surface area contributed by atoms with Gasteiger partial charge in [0.05, 0.1) is 12.2 Å². The number of fused-ring (bicyclic) bond motifs is 4. The average Bonchev–Trinajstić information content (AvgIpc) is 3.33. The van der Waals surface area contributed by atoms with Gasteiger partial charge in [0.15, 0.2) is 0 Å². The van der Waals surface area contributed by atoms with Crippen molar-refractivity contribution in [3.05, 3.63) is 33.4 Å². The minimum absolute atomic E-state index is 0.124. The molecule has 3 fully saturated rings. The van der Waals surface area contributed by atoms with Crippen molar-refractivity contribution in [1.82, 2.24) is 0 Å². The molecular weight excluding hydrogens is 340 g/mol. The van der Waals surface area contributed by atoms with Crippen LogP contribution in [0.25, 0.3) is 0 Å². The Morgan fingerprint density at radius 3 is 2.46 bits per heavy atom. The van der Waals surface area contributed by atoms with Crippen LogP contribution in [0.2, 0.25) is 0 Å². The van der Waals surface area contributed by atoms with Gasteiger partial charge >= 0.3 is 11.6 Å². The summed E-state index contributed by atoms with van der Waals surface area (Å²) in [6.45, 7) is 7.38. The molecule has 2 saturated heterocycles. The number of ether oxygens (including phenoxy) is 2. The van der Waals surface area contributed by atoms with E-state index in [1.54, 1.807) is 6.92 Å². The van der Waals surface area contributed by atoms with Crippen molar-refractivity contribution in [3.8, 4) is 0 Å². The van der Waals surface area contributed by atoms with Crippen molar-refractivity contribution >= 4 is 5.97 Å². The first kappa shape index (κ1) is 16.5. The Kier molecular flexibility index (Phi) is 2.90. The van der Waals surface area contributed by atoms with E-state index in [0.717, 1.165) is 0 Å². The zero-order valence-corrected chi connectivity index (χ0v) is 15.1. The molecule has 0 amide bonds. The summed E-state index contributed by atoms with van der Waals surface area (Å²) < 4.78 is 16.8. The lowest BCUT2D eigenvalue weighted by atomic mass is 9.48. The molecule has 3 heterocycles. The fraction of sp³-hybridized carbons (Fsp3) is 0.684. The van der Waals surface area contributed by atoms with Gasteiger partial charge in [-0.1, -0.05) is 20.8 Å². The van der Waals surface area contributed by atoms with Crippen LogP contribution in [0.3, 0.4) is 0 Å². The fourth-order valence-electron chi connectivity index (χ4n) is 5.85. The first-order chi connectivity index (χ1) is 12.1. The highest BCUT2D eigenvalue weighted by molar-refractivity contribution is 5.82. The van der Waals surface area contributed by atoms with Crippen molar-refractivity contribution in [2.24, 2.45) is 11.3 Å². The Labute approximate surface area is 149 Å². The maximum Gasteiger partial charge on any atom is 0.336 e. The molecular formula is C19H22O7. The fourth-order valence-corrected chi connectivity index (χ4v) is 5.85. The summed E-state index contributed by atoms with van der Waals surface area (Å²) in [5.41, 5.74) is -1.25. The maximum atomic E-state index is 12.7. The molecule has 26 heavy (non-hydrogen) atoms. The molecule has 2 aliphatic heterocycles. The number of hydrogen-bond acceptors (Lipinski definition) is 7. The molecule has 0 aromatic carbocycles. The summed E-state index contributed by atoms with van der Waals surface area (Å²) in [5.74, 6) is -0.739. The van der Waals surface area contributed by atoms with Crippen LogP contribution >= 0.6 is 0 Å². The third kappa shape index (κ3) is 1.57. The second kappa shape index (κ2) is 4.58. The molecule has 1 aromatic heterocycles. The van der Waals surface area contributed by atoms with E-state index in [1.807, 2.05) is 20.8 Å². The molecule has 8 atom stereocenters. The zero-order chi connectivity index (χ0) is 18.8. The van der Waals surface area contributed by atoms with Gasteiger partial charge in [0.25, 0.3) is 0 Å². The number of epoxide rings is 1. The van der Waals surface area contributed by atoms with Crippen LogP contribution in [0, 0.1) is 11.3 Å². The minimum atomic E-state index is -1.19. The van der Waals surface area contributed by atoms with Gasteiger partial charge in [-0.15, -0.1) is 0 Å². The summed E-state index contributed by atoms with van der Waals surface area (Å²) in [4.78, 5) is 25.0. The SMILES string of the molecule is CC(C)c1oc(=O)cc2c1[C@@H](O)[C@H]1OC(=O)[C@@]3(C)[C@H](O)[C@@H]4O[C@@H]4[C@@]2(C)[C@@H]13. The van der Waals surface area contributed by atoms with Gasteiger partial charge in [-0.25, -0.2) is 4.79 Å². The van der Waals surface area contributed by atoms with Crippen molar-refractivity contribution in [2.45, 2.75) is 69.5 Å². The Morgan fingerprint density at radius 2 is 1.81 bits per heavy atom. The number of hydrogen-bond donors (Lipinski definition) is 2. The number of carbonyl (C=O) groups excluding carboxylic acids is 1. The maximum absolute atomic E-state index is 12.7. The quantitative estimate of drug-likeness (QED) is 0.560. The molecule has 1 saturated carbocycles. The molecule has 7 heteroatoms. The van der Waals surface area contributed by atoms with Gasteiger partial charge in [0.2, 0.25) is 0 Å². The zero-order valence-electron chi connectivity index (χ0n) is 15.1. The minimum Gasteiger partial charge on any atom is -0.458 e. The molecule has 4 aliphatic rings. The molecule has 140 valence electrons. The van der Waals surface area contributed by atoms with E-state index in [4.69, 9.17) is 13.9 Å². The smallest absolute Gasteiger partial charge is 0.336 e. The highest BCUT2D eigenvalue weighted by Crippen LogP contribution is 2.68. The highest BCUT2D eigenvalue weighted by Gasteiger charge is 2.79. The molecule has 0 spiro atoms. The second-order valence-corrected chi connectivity index (χ2v) is 8.74. The molecule has 0 unspecified atom stereocenters. The van der Waals surface area contributed by atoms with E-state index >= 15 is 0 Å². The second-order valence-electron chi connectivity index (χ2n) is 8.74. The van der Waals surface area contributed by atoms with Crippen LogP contribution in [-0.4, -0.2) is 40.6 Å². The predicted octanol–water partition coefficient (Wildman–Crippen LogP) is 0.758. The number of aliphatic hydroxyl groups excluding tert-OH is 2. The largest absolute Gasteiger partial charge is 0.458 e. The predicted molar refractivity (Wildman–Crippen MR) is 87.5 cm³/mol. The molecule has 2 aliphatic carbocycles. The monoisotopic (exact) mass is 362 g/mol. The molecule has 2 N–H and O–H groups in total.